The van der Waals surface area contributed by atoms with E-state index in [9.17, 15) is 23.5 Å². The van der Waals surface area contributed by atoms with E-state index in [1.807, 2.05) is 0 Å². The number of ether oxygens (including phenoxy) is 2. The van der Waals surface area contributed by atoms with E-state index in [-0.39, 0.29) is 23.4 Å². The molecule has 0 aliphatic carbocycles. The predicted octanol–water partition coefficient (Wildman–Crippen LogP) is 3.12. The molecule has 7 nitrogen and oxygen atoms in total. The Hall–Kier alpha value is -3.30. The fourth-order valence-electron chi connectivity index (χ4n) is 4.36. The topological polar surface area (TPSA) is 79.3 Å². The first-order chi connectivity index (χ1) is 16.4. The van der Waals surface area contributed by atoms with Crippen LogP contribution in [0.2, 0.25) is 0 Å². The zero-order valence-corrected chi connectivity index (χ0v) is 18.8. The molecule has 34 heavy (non-hydrogen) atoms. The lowest BCUT2D eigenvalue weighted by Gasteiger charge is -2.29. The molecule has 2 aliphatic rings. The number of carbonyl (C=O) groups excluding carboxylic acids is 2. The molecule has 4 rings (SSSR count). The van der Waals surface area contributed by atoms with Gasteiger partial charge < -0.3 is 19.5 Å². The molecular weight excluding hydrogens is 446 g/mol. The van der Waals surface area contributed by atoms with Gasteiger partial charge in [0, 0.05) is 31.7 Å². The number of aliphatic hydroxyl groups is 1. The van der Waals surface area contributed by atoms with Gasteiger partial charge in [0.1, 0.15) is 11.6 Å². The number of methoxy groups -OCH3 is 1. The Bertz CT molecular complexity index is 1100. The lowest BCUT2D eigenvalue weighted by Crippen LogP contribution is -2.38. The van der Waals surface area contributed by atoms with E-state index in [0.29, 0.717) is 31.7 Å². The van der Waals surface area contributed by atoms with Gasteiger partial charge in [-0.1, -0.05) is 12.1 Å². The summed E-state index contributed by atoms with van der Waals surface area (Å²) in [6.07, 6.45) is 0.599. The molecule has 2 aromatic rings. The van der Waals surface area contributed by atoms with Gasteiger partial charge >= 0.3 is 0 Å². The quantitative estimate of drug-likeness (QED) is 0.379. The number of likely N-dealkylation sites (tertiary alicyclic amines) is 1. The minimum Gasteiger partial charge on any atom is -0.507 e. The Balaban J connectivity index is 1.68. The molecule has 2 saturated heterocycles. The number of ketones is 1. The summed E-state index contributed by atoms with van der Waals surface area (Å²) >= 11 is 0. The molecule has 0 saturated carbocycles. The maximum absolute atomic E-state index is 14.3. The second-order valence-corrected chi connectivity index (χ2v) is 8.20. The van der Waals surface area contributed by atoms with Gasteiger partial charge in [-0.2, -0.15) is 0 Å². The van der Waals surface area contributed by atoms with Crippen LogP contribution in [0.1, 0.15) is 23.6 Å². The monoisotopic (exact) mass is 472 g/mol. The Kier molecular flexibility index (Phi) is 7.23. The summed E-state index contributed by atoms with van der Waals surface area (Å²) in [5.41, 5.74) is 0.354. The second kappa shape index (κ2) is 10.3. The maximum atomic E-state index is 14.3. The van der Waals surface area contributed by atoms with Crippen molar-refractivity contribution in [3.05, 3.63) is 70.8 Å². The van der Waals surface area contributed by atoms with Crippen molar-refractivity contribution in [1.29, 1.82) is 0 Å². The fourth-order valence-corrected chi connectivity index (χ4v) is 4.36. The molecular formula is C25H26F2N2O5. The third kappa shape index (κ3) is 4.80. The van der Waals surface area contributed by atoms with E-state index < -0.39 is 35.1 Å². The summed E-state index contributed by atoms with van der Waals surface area (Å²) in [7, 11) is 1.31. The average molecular weight is 472 g/mol. The maximum Gasteiger partial charge on any atom is 0.295 e. The third-order valence-electron chi connectivity index (χ3n) is 6.13. The molecule has 0 aromatic heterocycles. The molecule has 1 atom stereocenters. The standard InChI is InChI=1S/C25H26F2N2O5/c1-33-20-8-5-17(15-19(20)27)23(30)21-22(16-3-6-18(26)7-4-16)29(25(32)24(21)31)10-2-9-28-11-13-34-14-12-28/h3-8,15,22,30H,2,9-14H2,1H3/t22-/m0/s1. The van der Waals surface area contributed by atoms with Gasteiger partial charge in [-0.05, 0) is 42.3 Å². The highest BCUT2D eigenvalue weighted by Gasteiger charge is 2.45. The molecule has 0 radical (unpaired) electrons. The number of Topliss-reactive ketones (excluding diaryl/α,β-unsaturated/α-hetero) is 1. The summed E-state index contributed by atoms with van der Waals surface area (Å²) in [5, 5.41) is 11.0. The number of aliphatic hydroxyl groups excluding tert-OH is 1. The number of rotatable bonds is 7. The molecule has 180 valence electrons. The van der Waals surface area contributed by atoms with Crippen molar-refractivity contribution >= 4 is 17.4 Å². The van der Waals surface area contributed by atoms with Crippen LogP contribution in [0.5, 0.6) is 5.75 Å². The molecule has 1 amide bonds. The molecule has 1 N–H and O–H groups in total. The van der Waals surface area contributed by atoms with Crippen molar-refractivity contribution in [2.75, 3.05) is 46.5 Å². The Morgan fingerprint density at radius 2 is 1.79 bits per heavy atom. The zero-order chi connectivity index (χ0) is 24.2. The summed E-state index contributed by atoms with van der Waals surface area (Å²) in [6, 6.07) is 8.27. The SMILES string of the molecule is COc1ccc(C(O)=C2C(=O)C(=O)N(CCCN3CCOCC3)[C@H]2c2ccc(F)cc2)cc1F. The van der Waals surface area contributed by atoms with Crippen LogP contribution in [0.4, 0.5) is 8.78 Å². The molecule has 2 aliphatic heterocycles. The smallest absolute Gasteiger partial charge is 0.295 e. The predicted molar refractivity (Wildman–Crippen MR) is 120 cm³/mol. The minimum atomic E-state index is -0.921. The van der Waals surface area contributed by atoms with E-state index >= 15 is 0 Å². The fraction of sp³-hybridized carbons (Fsp3) is 0.360. The molecule has 0 unspecified atom stereocenters. The Morgan fingerprint density at radius 1 is 1.09 bits per heavy atom. The van der Waals surface area contributed by atoms with Crippen molar-refractivity contribution < 1.29 is 33.0 Å². The lowest BCUT2D eigenvalue weighted by atomic mass is 9.95. The van der Waals surface area contributed by atoms with E-state index in [4.69, 9.17) is 9.47 Å². The van der Waals surface area contributed by atoms with Gasteiger partial charge in [-0.3, -0.25) is 14.5 Å². The normalized spacial score (nSPS) is 20.7. The molecule has 2 fully saturated rings. The number of hydrogen-bond acceptors (Lipinski definition) is 6. The highest BCUT2D eigenvalue weighted by molar-refractivity contribution is 6.46. The van der Waals surface area contributed by atoms with Crippen LogP contribution < -0.4 is 4.74 Å². The summed E-state index contributed by atoms with van der Waals surface area (Å²) in [4.78, 5) is 29.6. The highest BCUT2D eigenvalue weighted by Crippen LogP contribution is 2.40. The van der Waals surface area contributed by atoms with E-state index in [2.05, 4.69) is 4.90 Å². The zero-order valence-electron chi connectivity index (χ0n) is 18.8. The number of nitrogens with zero attached hydrogens (tertiary/aromatic N) is 2. The van der Waals surface area contributed by atoms with Gasteiger partial charge in [0.05, 0.1) is 31.9 Å². The van der Waals surface area contributed by atoms with Gasteiger partial charge in [-0.25, -0.2) is 8.78 Å². The van der Waals surface area contributed by atoms with Gasteiger partial charge in [0.2, 0.25) is 0 Å². The van der Waals surface area contributed by atoms with Crippen LogP contribution in [-0.2, 0) is 14.3 Å². The van der Waals surface area contributed by atoms with Crippen molar-refractivity contribution in [2.45, 2.75) is 12.5 Å². The molecule has 0 spiro atoms. The Labute approximate surface area is 196 Å². The molecule has 2 heterocycles. The van der Waals surface area contributed by atoms with Crippen LogP contribution in [0.15, 0.2) is 48.0 Å². The first-order valence-electron chi connectivity index (χ1n) is 11.1. The highest BCUT2D eigenvalue weighted by atomic mass is 19.1. The number of morpholine rings is 1. The van der Waals surface area contributed by atoms with Gasteiger partial charge in [-0.15, -0.1) is 0 Å². The number of halogens is 2. The van der Waals surface area contributed by atoms with Crippen LogP contribution >= 0.6 is 0 Å². The van der Waals surface area contributed by atoms with Crippen molar-refractivity contribution in [3.8, 4) is 5.75 Å². The number of carbonyl (C=O) groups is 2. The van der Waals surface area contributed by atoms with Crippen molar-refractivity contribution in [1.82, 2.24) is 9.80 Å². The van der Waals surface area contributed by atoms with Gasteiger partial charge in [0.25, 0.3) is 11.7 Å². The molecule has 2 aromatic carbocycles. The molecule has 0 bridgehead atoms. The van der Waals surface area contributed by atoms with E-state index in [1.54, 1.807) is 0 Å². The van der Waals surface area contributed by atoms with Crippen molar-refractivity contribution in [3.63, 3.8) is 0 Å². The van der Waals surface area contributed by atoms with E-state index in [1.165, 1.54) is 48.4 Å². The van der Waals surface area contributed by atoms with Crippen LogP contribution in [-0.4, -0.2) is 73.1 Å². The van der Waals surface area contributed by atoms with E-state index in [0.717, 1.165) is 19.2 Å². The summed E-state index contributed by atoms with van der Waals surface area (Å²) in [5.74, 6) is -3.32. The summed E-state index contributed by atoms with van der Waals surface area (Å²) < 4.78 is 38.1. The van der Waals surface area contributed by atoms with Crippen LogP contribution in [0.25, 0.3) is 5.76 Å². The van der Waals surface area contributed by atoms with Gasteiger partial charge in [0.15, 0.2) is 11.6 Å². The number of hydrogen-bond donors (Lipinski definition) is 1. The first-order valence-corrected chi connectivity index (χ1v) is 11.1. The average Bonchev–Trinajstić information content (AvgIpc) is 3.09. The van der Waals surface area contributed by atoms with Crippen molar-refractivity contribution in [2.24, 2.45) is 0 Å². The number of amides is 1. The van der Waals surface area contributed by atoms with Crippen LogP contribution in [0.3, 0.4) is 0 Å². The molecule has 9 heteroatoms. The second-order valence-electron chi connectivity index (χ2n) is 8.20. The minimum absolute atomic E-state index is 0.0183. The first kappa shape index (κ1) is 23.8. The lowest BCUT2D eigenvalue weighted by molar-refractivity contribution is -0.140. The Morgan fingerprint density at radius 3 is 2.44 bits per heavy atom. The third-order valence-corrected chi connectivity index (χ3v) is 6.13. The largest absolute Gasteiger partial charge is 0.507 e. The number of benzene rings is 2. The summed E-state index contributed by atoms with van der Waals surface area (Å²) in [6.45, 7) is 3.87. The van der Waals surface area contributed by atoms with Crippen LogP contribution in [0, 0.1) is 11.6 Å².